The van der Waals surface area contributed by atoms with Crippen LogP contribution in [0.4, 0.5) is 0 Å². The number of aryl methyl sites for hydroxylation is 1. The van der Waals surface area contributed by atoms with E-state index in [4.69, 9.17) is 27.9 Å². The molecule has 0 radical (unpaired) electrons. The molecule has 2 aromatic heterocycles. The van der Waals surface area contributed by atoms with E-state index in [1.54, 1.807) is 19.2 Å². The normalized spacial score (nSPS) is 11.0. The van der Waals surface area contributed by atoms with Gasteiger partial charge in [0.05, 0.1) is 22.7 Å². The van der Waals surface area contributed by atoms with Gasteiger partial charge in [0.15, 0.2) is 5.65 Å². The number of ether oxygens (including phenoxy) is 1. The van der Waals surface area contributed by atoms with Gasteiger partial charge in [0, 0.05) is 23.5 Å². The first kappa shape index (κ1) is 14.0. The predicted molar refractivity (Wildman–Crippen MR) is 82.6 cm³/mol. The van der Waals surface area contributed by atoms with Crippen molar-refractivity contribution in [2.24, 2.45) is 0 Å². The van der Waals surface area contributed by atoms with Gasteiger partial charge in [0.1, 0.15) is 5.75 Å². The number of aromatic amines is 1. The minimum atomic E-state index is -0.199. The molecule has 0 aliphatic heterocycles. The van der Waals surface area contributed by atoms with E-state index < -0.39 is 0 Å². The fourth-order valence-corrected chi connectivity index (χ4v) is 2.95. The lowest BCUT2D eigenvalue weighted by molar-refractivity contribution is 0.415. The van der Waals surface area contributed by atoms with Crippen LogP contribution in [-0.2, 0) is 0 Å². The van der Waals surface area contributed by atoms with Crippen LogP contribution in [0.25, 0.3) is 16.8 Å². The van der Waals surface area contributed by atoms with Crippen LogP contribution >= 0.6 is 23.2 Å². The molecule has 108 valence electrons. The molecular weight excluding hydrogens is 313 g/mol. The lowest BCUT2D eigenvalue weighted by Crippen LogP contribution is -2.12. The van der Waals surface area contributed by atoms with Crippen LogP contribution in [0.5, 0.6) is 5.75 Å². The molecule has 0 atom stereocenters. The lowest BCUT2D eigenvalue weighted by atomic mass is 10.1. The number of nitrogens with zero attached hydrogens (tertiary/aromatic N) is 2. The summed E-state index contributed by atoms with van der Waals surface area (Å²) in [6, 6.07) is 4.73. The number of hydrogen-bond acceptors (Lipinski definition) is 3. The van der Waals surface area contributed by atoms with E-state index in [2.05, 4.69) is 10.1 Å². The summed E-state index contributed by atoms with van der Waals surface area (Å²) in [6.45, 7) is 1.83. The summed E-state index contributed by atoms with van der Waals surface area (Å²) in [5.41, 5.74) is 2.35. The van der Waals surface area contributed by atoms with Crippen LogP contribution < -0.4 is 10.3 Å². The molecule has 0 aliphatic carbocycles. The number of benzene rings is 1. The van der Waals surface area contributed by atoms with Gasteiger partial charge in [0.25, 0.3) is 5.56 Å². The molecule has 0 saturated carbocycles. The molecule has 1 aromatic carbocycles. The summed E-state index contributed by atoms with van der Waals surface area (Å²) < 4.78 is 6.50. The maximum absolute atomic E-state index is 11.9. The van der Waals surface area contributed by atoms with Gasteiger partial charge in [0.2, 0.25) is 0 Å². The van der Waals surface area contributed by atoms with Crippen molar-refractivity contribution in [1.29, 1.82) is 0 Å². The zero-order valence-electron chi connectivity index (χ0n) is 11.3. The van der Waals surface area contributed by atoms with Crippen molar-refractivity contribution in [2.45, 2.75) is 6.92 Å². The lowest BCUT2D eigenvalue weighted by Gasteiger charge is -2.09. The standard InChI is InChI=1S/C14H11Cl2N3O2/c1-7-12(14-17-4-3-11(20)19(14)18-7)13-9(15)5-8(21-2)6-10(13)16/h3-6,18H,1-2H3. The van der Waals surface area contributed by atoms with Crippen molar-refractivity contribution in [3.8, 4) is 16.9 Å². The van der Waals surface area contributed by atoms with Gasteiger partial charge in [-0.2, -0.15) is 0 Å². The van der Waals surface area contributed by atoms with Gasteiger partial charge in [-0.05, 0) is 19.1 Å². The molecule has 0 aliphatic rings. The quantitative estimate of drug-likeness (QED) is 0.787. The molecular formula is C14H11Cl2N3O2. The molecule has 0 fully saturated rings. The highest BCUT2D eigenvalue weighted by molar-refractivity contribution is 6.39. The SMILES string of the molecule is COc1cc(Cl)c(-c2c(C)[nH]n3c(=O)ccnc23)c(Cl)c1. The summed E-state index contributed by atoms with van der Waals surface area (Å²) in [5.74, 6) is 0.566. The fourth-order valence-electron chi connectivity index (χ4n) is 2.29. The Balaban J connectivity index is 2.39. The third kappa shape index (κ3) is 2.18. The predicted octanol–water partition coefficient (Wildman–Crippen LogP) is 3.31. The Morgan fingerprint density at radius 1 is 1.24 bits per heavy atom. The van der Waals surface area contributed by atoms with Crippen LogP contribution in [0.15, 0.2) is 29.2 Å². The minimum absolute atomic E-state index is 0.199. The Morgan fingerprint density at radius 3 is 2.52 bits per heavy atom. The molecule has 0 bridgehead atoms. The van der Waals surface area contributed by atoms with Gasteiger partial charge in [-0.1, -0.05) is 23.2 Å². The van der Waals surface area contributed by atoms with E-state index in [0.29, 0.717) is 32.6 Å². The topological polar surface area (TPSA) is 59.4 Å². The molecule has 3 rings (SSSR count). The Morgan fingerprint density at radius 2 is 1.90 bits per heavy atom. The van der Waals surface area contributed by atoms with E-state index in [1.165, 1.54) is 16.8 Å². The van der Waals surface area contributed by atoms with Gasteiger partial charge in [-0.3, -0.25) is 9.89 Å². The molecule has 1 N–H and O–H groups in total. The molecule has 2 heterocycles. The van der Waals surface area contributed by atoms with Crippen LogP contribution in [0.1, 0.15) is 5.69 Å². The monoisotopic (exact) mass is 323 g/mol. The number of methoxy groups -OCH3 is 1. The first-order valence-corrected chi connectivity index (χ1v) is 6.88. The van der Waals surface area contributed by atoms with Crippen molar-refractivity contribution in [2.75, 3.05) is 7.11 Å². The molecule has 21 heavy (non-hydrogen) atoms. The van der Waals surface area contributed by atoms with Gasteiger partial charge < -0.3 is 4.74 Å². The summed E-state index contributed by atoms with van der Waals surface area (Å²) in [7, 11) is 1.54. The van der Waals surface area contributed by atoms with Crippen LogP contribution in [-0.4, -0.2) is 21.7 Å². The third-order valence-electron chi connectivity index (χ3n) is 3.23. The third-order valence-corrected chi connectivity index (χ3v) is 3.82. The highest BCUT2D eigenvalue weighted by Gasteiger charge is 2.19. The van der Waals surface area contributed by atoms with Crippen LogP contribution in [0.3, 0.4) is 0 Å². The molecule has 0 spiro atoms. The Bertz CT molecular complexity index is 876. The number of nitrogens with one attached hydrogen (secondary N) is 1. The van der Waals surface area contributed by atoms with E-state index >= 15 is 0 Å². The number of hydrogen-bond donors (Lipinski definition) is 1. The van der Waals surface area contributed by atoms with Gasteiger partial charge in [-0.15, -0.1) is 0 Å². The summed E-state index contributed by atoms with van der Waals surface area (Å²) >= 11 is 12.6. The Hall–Kier alpha value is -1.98. The second-order valence-electron chi connectivity index (χ2n) is 4.52. The fraction of sp³-hybridized carbons (Fsp3) is 0.143. The zero-order valence-corrected chi connectivity index (χ0v) is 12.8. The van der Waals surface area contributed by atoms with Crippen LogP contribution in [0, 0.1) is 6.92 Å². The minimum Gasteiger partial charge on any atom is -0.497 e. The largest absolute Gasteiger partial charge is 0.497 e. The first-order valence-electron chi connectivity index (χ1n) is 6.12. The van der Waals surface area contributed by atoms with Crippen molar-refractivity contribution in [1.82, 2.24) is 14.6 Å². The first-order chi connectivity index (χ1) is 10.0. The second kappa shape index (κ2) is 5.09. The summed E-state index contributed by atoms with van der Waals surface area (Å²) in [6.07, 6.45) is 1.46. The van der Waals surface area contributed by atoms with E-state index in [-0.39, 0.29) is 5.56 Å². The summed E-state index contributed by atoms with van der Waals surface area (Å²) in [5, 5.41) is 3.83. The van der Waals surface area contributed by atoms with Crippen molar-refractivity contribution in [3.05, 3.63) is 50.5 Å². The average molecular weight is 324 g/mol. The number of aromatic nitrogens is 3. The highest BCUT2D eigenvalue weighted by Crippen LogP contribution is 2.40. The Labute approximate surface area is 130 Å². The van der Waals surface area contributed by atoms with Crippen molar-refractivity contribution < 1.29 is 4.74 Å². The summed E-state index contributed by atoms with van der Waals surface area (Å²) in [4.78, 5) is 16.1. The van der Waals surface area contributed by atoms with E-state index in [9.17, 15) is 4.79 Å². The number of halogens is 2. The molecule has 0 saturated heterocycles. The Kier molecular flexibility index (Phi) is 3.39. The molecule has 0 unspecified atom stereocenters. The zero-order chi connectivity index (χ0) is 15.1. The smallest absolute Gasteiger partial charge is 0.272 e. The van der Waals surface area contributed by atoms with Gasteiger partial charge >= 0.3 is 0 Å². The van der Waals surface area contributed by atoms with E-state index in [1.807, 2.05) is 6.92 Å². The highest BCUT2D eigenvalue weighted by atomic mass is 35.5. The molecule has 7 heteroatoms. The van der Waals surface area contributed by atoms with Crippen molar-refractivity contribution in [3.63, 3.8) is 0 Å². The molecule has 5 nitrogen and oxygen atoms in total. The van der Waals surface area contributed by atoms with Crippen molar-refractivity contribution >= 4 is 28.8 Å². The maximum atomic E-state index is 11.9. The molecule has 0 amide bonds. The molecule has 3 aromatic rings. The number of rotatable bonds is 2. The maximum Gasteiger partial charge on any atom is 0.272 e. The van der Waals surface area contributed by atoms with Crippen LogP contribution in [0.2, 0.25) is 10.0 Å². The number of H-pyrrole nitrogens is 1. The average Bonchev–Trinajstić information content (AvgIpc) is 2.77. The number of fused-ring (bicyclic) bond motifs is 1. The van der Waals surface area contributed by atoms with Gasteiger partial charge in [-0.25, -0.2) is 9.50 Å². The van der Waals surface area contributed by atoms with E-state index in [0.717, 1.165) is 5.69 Å². The second-order valence-corrected chi connectivity index (χ2v) is 5.33.